The van der Waals surface area contributed by atoms with Gasteiger partial charge in [-0.1, -0.05) is 44.4 Å². The zero-order valence-electron chi connectivity index (χ0n) is 16.5. The van der Waals surface area contributed by atoms with Gasteiger partial charge in [0.2, 0.25) is 0 Å². The van der Waals surface area contributed by atoms with Crippen molar-refractivity contribution in [3.63, 3.8) is 0 Å². The molecule has 1 aromatic carbocycles. The topological polar surface area (TPSA) is 60.4 Å². The normalized spacial score (nSPS) is 17.9. The molecule has 0 saturated carbocycles. The molecule has 1 atom stereocenters. The van der Waals surface area contributed by atoms with Crippen LogP contribution in [0.25, 0.3) is 5.57 Å². The predicted molar refractivity (Wildman–Crippen MR) is 105 cm³/mol. The number of hydrogen-bond donors (Lipinski definition) is 0. The summed E-state index contributed by atoms with van der Waals surface area (Å²) in [6.45, 7) is 9.92. The molecule has 5 heteroatoms. The first-order chi connectivity index (χ1) is 12.2. The van der Waals surface area contributed by atoms with Gasteiger partial charge in [-0.15, -0.1) is 0 Å². The summed E-state index contributed by atoms with van der Waals surface area (Å²) in [5.41, 5.74) is 4.39. The molecule has 4 nitrogen and oxygen atoms in total. The third-order valence-corrected chi connectivity index (χ3v) is 6.11. The zero-order chi connectivity index (χ0) is 19.5. The molecule has 0 saturated heterocycles. The highest BCUT2D eigenvalue weighted by Crippen LogP contribution is 2.41. The third-order valence-electron chi connectivity index (χ3n) is 4.87. The molecule has 0 bridgehead atoms. The summed E-state index contributed by atoms with van der Waals surface area (Å²) in [6.07, 6.45) is 3.33. The van der Waals surface area contributed by atoms with Crippen molar-refractivity contribution in [1.29, 1.82) is 0 Å². The molecular formula is C21H30O4S. The zero-order valence-corrected chi connectivity index (χ0v) is 17.3. The summed E-state index contributed by atoms with van der Waals surface area (Å²) < 4.78 is 30.2. The highest BCUT2D eigenvalue weighted by atomic mass is 32.2. The Morgan fingerprint density at radius 1 is 1.08 bits per heavy atom. The van der Waals surface area contributed by atoms with Gasteiger partial charge in [0.15, 0.2) is 5.78 Å². The summed E-state index contributed by atoms with van der Waals surface area (Å²) >= 11 is 0. The Kier molecular flexibility index (Phi) is 6.67. The summed E-state index contributed by atoms with van der Waals surface area (Å²) in [5.74, 6) is 0.146. The van der Waals surface area contributed by atoms with E-state index < -0.39 is 10.1 Å². The fraction of sp³-hybridized carbons (Fsp3) is 0.571. The minimum Gasteiger partial charge on any atom is -0.386 e. The smallest absolute Gasteiger partial charge is 0.308 e. The van der Waals surface area contributed by atoms with Crippen molar-refractivity contribution in [3.05, 3.63) is 40.1 Å². The molecule has 26 heavy (non-hydrogen) atoms. The van der Waals surface area contributed by atoms with E-state index in [1.54, 1.807) is 0 Å². The number of rotatable bonds is 8. The van der Waals surface area contributed by atoms with Gasteiger partial charge < -0.3 is 4.18 Å². The van der Waals surface area contributed by atoms with Crippen molar-refractivity contribution < 1.29 is 17.4 Å². The van der Waals surface area contributed by atoms with E-state index in [1.165, 1.54) is 0 Å². The molecular weight excluding hydrogens is 348 g/mol. The second-order valence-electron chi connectivity index (χ2n) is 7.32. The van der Waals surface area contributed by atoms with Gasteiger partial charge >= 0.3 is 10.1 Å². The highest BCUT2D eigenvalue weighted by molar-refractivity contribution is 7.86. The average molecular weight is 379 g/mol. The molecule has 0 fully saturated rings. The van der Waals surface area contributed by atoms with Crippen LogP contribution in [0.15, 0.2) is 17.9 Å². The lowest BCUT2D eigenvalue weighted by Crippen LogP contribution is -2.11. The largest absolute Gasteiger partial charge is 0.386 e. The Morgan fingerprint density at radius 3 is 2.23 bits per heavy atom. The molecule has 1 aromatic rings. The number of benzene rings is 1. The Hall–Kier alpha value is -1.62. The standard InChI is InChI=1S/C21H30O4S/c1-6-8-10-26(23,24)25-18-13-17(9-7-2)21(22)20(18)19-15(4)11-14(3)12-16(19)5/h11-12,17H,6-10,13H2,1-5H3. The fourth-order valence-corrected chi connectivity index (χ4v) is 4.95. The van der Waals surface area contributed by atoms with Gasteiger partial charge in [0.05, 0.1) is 11.3 Å². The van der Waals surface area contributed by atoms with E-state index in [0.29, 0.717) is 24.2 Å². The van der Waals surface area contributed by atoms with Crippen molar-refractivity contribution in [3.8, 4) is 0 Å². The van der Waals surface area contributed by atoms with E-state index in [9.17, 15) is 13.2 Å². The first kappa shape index (κ1) is 20.7. The van der Waals surface area contributed by atoms with Crippen molar-refractivity contribution in [2.24, 2.45) is 5.92 Å². The Bertz CT molecular complexity index is 795. The van der Waals surface area contributed by atoms with Gasteiger partial charge in [0.1, 0.15) is 5.76 Å². The van der Waals surface area contributed by atoms with E-state index in [4.69, 9.17) is 4.18 Å². The number of hydrogen-bond acceptors (Lipinski definition) is 4. The number of ketones is 1. The van der Waals surface area contributed by atoms with Crippen molar-refractivity contribution in [2.45, 2.75) is 66.7 Å². The fourth-order valence-electron chi connectivity index (χ4n) is 3.77. The number of Topliss-reactive ketones (excluding diaryl/α,β-unsaturated/α-hetero) is 1. The second-order valence-corrected chi connectivity index (χ2v) is 9.01. The first-order valence-electron chi connectivity index (χ1n) is 9.47. The quantitative estimate of drug-likeness (QED) is 0.606. The maximum Gasteiger partial charge on any atom is 0.308 e. The van der Waals surface area contributed by atoms with Gasteiger partial charge in [-0.2, -0.15) is 8.42 Å². The van der Waals surface area contributed by atoms with Crippen molar-refractivity contribution in [2.75, 3.05) is 5.75 Å². The summed E-state index contributed by atoms with van der Waals surface area (Å²) in [7, 11) is -3.67. The number of unbranched alkanes of at least 4 members (excludes halogenated alkanes) is 1. The van der Waals surface area contributed by atoms with Crippen LogP contribution in [0.5, 0.6) is 0 Å². The number of aryl methyl sites for hydroxylation is 3. The van der Waals surface area contributed by atoms with Crippen LogP contribution >= 0.6 is 0 Å². The van der Waals surface area contributed by atoms with Gasteiger partial charge in [-0.3, -0.25) is 4.79 Å². The molecule has 0 spiro atoms. The van der Waals surface area contributed by atoms with Crippen LogP contribution < -0.4 is 0 Å². The maximum absolute atomic E-state index is 13.1. The molecule has 0 aliphatic heterocycles. The number of carbonyl (C=O) groups excluding carboxylic acids is 1. The Morgan fingerprint density at radius 2 is 1.69 bits per heavy atom. The monoisotopic (exact) mass is 378 g/mol. The molecule has 0 N–H and O–H groups in total. The molecule has 0 radical (unpaired) electrons. The van der Waals surface area contributed by atoms with Gasteiger partial charge in [0.25, 0.3) is 0 Å². The van der Waals surface area contributed by atoms with E-state index >= 15 is 0 Å². The van der Waals surface area contributed by atoms with E-state index in [1.807, 2.05) is 46.8 Å². The lowest BCUT2D eigenvalue weighted by molar-refractivity contribution is -0.116. The highest BCUT2D eigenvalue weighted by Gasteiger charge is 2.37. The molecule has 2 rings (SSSR count). The SMILES string of the molecule is CCCCS(=O)(=O)OC1=C(c2c(C)cc(C)cc2C)C(=O)C(CCC)C1. The Labute approximate surface area is 157 Å². The molecule has 0 amide bonds. The third kappa shape index (κ3) is 4.56. The maximum atomic E-state index is 13.1. The van der Waals surface area contributed by atoms with Gasteiger partial charge in [0, 0.05) is 12.3 Å². The molecule has 144 valence electrons. The second kappa shape index (κ2) is 8.38. The first-order valence-corrected chi connectivity index (χ1v) is 11.1. The van der Waals surface area contributed by atoms with Crippen LogP contribution in [0.1, 0.15) is 68.2 Å². The minimum absolute atomic E-state index is 0.0151. The minimum atomic E-state index is -3.67. The molecule has 1 aliphatic carbocycles. The van der Waals surface area contributed by atoms with Crippen LogP contribution in [0.2, 0.25) is 0 Å². The van der Waals surface area contributed by atoms with Crippen LogP contribution in [0.3, 0.4) is 0 Å². The average Bonchev–Trinajstić information content (AvgIpc) is 2.81. The molecule has 1 unspecified atom stereocenters. The molecule has 1 aliphatic rings. The summed E-state index contributed by atoms with van der Waals surface area (Å²) in [6, 6.07) is 4.05. The molecule has 0 aromatic heterocycles. The lowest BCUT2D eigenvalue weighted by atomic mass is 9.90. The van der Waals surface area contributed by atoms with E-state index in [2.05, 4.69) is 0 Å². The van der Waals surface area contributed by atoms with Crippen LogP contribution in [0.4, 0.5) is 0 Å². The van der Waals surface area contributed by atoms with Crippen molar-refractivity contribution in [1.82, 2.24) is 0 Å². The van der Waals surface area contributed by atoms with Gasteiger partial charge in [-0.25, -0.2) is 0 Å². The van der Waals surface area contributed by atoms with Crippen LogP contribution in [-0.2, 0) is 19.1 Å². The lowest BCUT2D eigenvalue weighted by Gasteiger charge is -2.14. The number of carbonyl (C=O) groups is 1. The Balaban J connectivity index is 2.52. The summed E-state index contributed by atoms with van der Waals surface area (Å²) in [4.78, 5) is 13.1. The van der Waals surface area contributed by atoms with Crippen LogP contribution in [-0.4, -0.2) is 20.0 Å². The van der Waals surface area contributed by atoms with E-state index in [0.717, 1.165) is 41.5 Å². The predicted octanol–water partition coefficient (Wildman–Crippen LogP) is 4.86. The van der Waals surface area contributed by atoms with Gasteiger partial charge in [-0.05, 0) is 50.3 Å². The van der Waals surface area contributed by atoms with E-state index in [-0.39, 0.29) is 17.5 Å². The summed E-state index contributed by atoms with van der Waals surface area (Å²) in [5, 5.41) is 0. The molecule has 0 heterocycles. The number of allylic oxidation sites excluding steroid dienone is 2. The van der Waals surface area contributed by atoms with Crippen LogP contribution in [0, 0.1) is 26.7 Å². The van der Waals surface area contributed by atoms with Crippen molar-refractivity contribution >= 4 is 21.5 Å².